The molecule has 4 N–H and O–H groups in total. The fourth-order valence-corrected chi connectivity index (χ4v) is 1.94. The van der Waals surface area contributed by atoms with Gasteiger partial charge in [0, 0.05) is 12.5 Å². The molecule has 0 aromatic carbocycles. The van der Waals surface area contributed by atoms with Crippen molar-refractivity contribution in [1.82, 2.24) is 5.32 Å². The molecule has 1 amide bonds. The van der Waals surface area contributed by atoms with Crippen molar-refractivity contribution in [3.05, 3.63) is 0 Å². The summed E-state index contributed by atoms with van der Waals surface area (Å²) in [6.45, 7) is 3.87. The third kappa shape index (κ3) is 3.68. The number of rotatable bonds is 6. The van der Waals surface area contributed by atoms with Crippen molar-refractivity contribution in [3.63, 3.8) is 0 Å². The highest BCUT2D eigenvalue weighted by Gasteiger charge is 2.47. The molecule has 1 rings (SSSR count). The quantitative estimate of drug-likeness (QED) is 0.627. The molecule has 3 atom stereocenters. The van der Waals surface area contributed by atoms with Crippen molar-refractivity contribution in [3.8, 4) is 0 Å². The zero-order valence-corrected chi connectivity index (χ0v) is 10.9. The first-order valence-electron chi connectivity index (χ1n) is 6.22. The molecule has 0 aromatic rings. The number of carbonyl (C=O) groups excluding carboxylic acids is 1. The largest absolute Gasteiger partial charge is 0.481 e. The van der Waals surface area contributed by atoms with Crippen molar-refractivity contribution in [2.45, 2.75) is 45.2 Å². The van der Waals surface area contributed by atoms with Gasteiger partial charge >= 0.3 is 5.97 Å². The van der Waals surface area contributed by atoms with Gasteiger partial charge in [-0.2, -0.15) is 0 Å². The summed E-state index contributed by atoms with van der Waals surface area (Å²) in [6.07, 6.45) is 1.86. The van der Waals surface area contributed by atoms with E-state index in [9.17, 15) is 9.59 Å². The molecule has 1 saturated heterocycles. The van der Waals surface area contributed by atoms with E-state index in [0.29, 0.717) is 12.8 Å². The maximum Gasteiger partial charge on any atom is 0.313 e. The van der Waals surface area contributed by atoms with Crippen LogP contribution >= 0.6 is 0 Å². The summed E-state index contributed by atoms with van der Waals surface area (Å²) in [4.78, 5) is 22.9. The number of nitrogens with two attached hydrogens (primary N) is 1. The van der Waals surface area contributed by atoms with Gasteiger partial charge in [0.15, 0.2) is 0 Å². The summed E-state index contributed by atoms with van der Waals surface area (Å²) in [6, 6.07) is -0.380. The SMILES string of the molecule is CC(N)CCCC(=O)NC1COCC1(C)C(=O)O. The van der Waals surface area contributed by atoms with Crippen LogP contribution in [0.1, 0.15) is 33.1 Å². The minimum atomic E-state index is -1.03. The predicted octanol–water partition coefficient (Wildman–Crippen LogP) is 0.110. The van der Waals surface area contributed by atoms with E-state index in [0.717, 1.165) is 6.42 Å². The standard InChI is InChI=1S/C12H22N2O4/c1-8(13)4-3-5-10(15)14-9-6-18-7-12(9,2)11(16)17/h8-9H,3-7,13H2,1-2H3,(H,14,15)(H,16,17). The monoisotopic (exact) mass is 258 g/mol. The lowest BCUT2D eigenvalue weighted by atomic mass is 9.85. The van der Waals surface area contributed by atoms with Crippen LogP contribution < -0.4 is 11.1 Å². The number of hydrogen-bond acceptors (Lipinski definition) is 4. The molecule has 0 aliphatic carbocycles. The van der Waals surface area contributed by atoms with Gasteiger partial charge in [-0.05, 0) is 26.7 Å². The first kappa shape index (κ1) is 14.9. The Morgan fingerprint density at radius 3 is 2.83 bits per heavy atom. The molecule has 0 saturated carbocycles. The van der Waals surface area contributed by atoms with Crippen LogP contribution in [0.3, 0.4) is 0 Å². The molecule has 0 radical (unpaired) electrons. The number of nitrogens with one attached hydrogen (secondary N) is 1. The number of carboxylic acids is 1. The topological polar surface area (TPSA) is 102 Å². The Morgan fingerprint density at radius 1 is 1.61 bits per heavy atom. The van der Waals surface area contributed by atoms with Crippen molar-refractivity contribution in [2.24, 2.45) is 11.1 Å². The molecule has 104 valence electrons. The lowest BCUT2D eigenvalue weighted by molar-refractivity contribution is -0.149. The normalized spacial score (nSPS) is 28.9. The molecule has 6 nitrogen and oxygen atoms in total. The van der Waals surface area contributed by atoms with Crippen LogP contribution in [0.5, 0.6) is 0 Å². The molecule has 18 heavy (non-hydrogen) atoms. The second kappa shape index (κ2) is 6.15. The van der Waals surface area contributed by atoms with Gasteiger partial charge in [0.1, 0.15) is 5.41 Å². The van der Waals surface area contributed by atoms with E-state index in [-0.39, 0.29) is 25.2 Å². The van der Waals surface area contributed by atoms with E-state index >= 15 is 0 Å². The summed E-state index contributed by atoms with van der Waals surface area (Å²) >= 11 is 0. The molecule has 1 aliphatic heterocycles. The highest BCUT2D eigenvalue weighted by molar-refractivity contribution is 5.80. The summed E-state index contributed by atoms with van der Waals surface area (Å²) in [5.74, 6) is -1.08. The van der Waals surface area contributed by atoms with Crippen molar-refractivity contribution < 1.29 is 19.4 Å². The fourth-order valence-electron chi connectivity index (χ4n) is 1.94. The molecule has 6 heteroatoms. The number of carboxylic acid groups (broad SMARTS) is 1. The first-order chi connectivity index (χ1) is 8.36. The summed E-state index contributed by atoms with van der Waals surface area (Å²) < 4.78 is 5.16. The zero-order chi connectivity index (χ0) is 13.8. The Bertz CT molecular complexity index is 319. The van der Waals surface area contributed by atoms with Gasteiger partial charge in [0.05, 0.1) is 19.3 Å². The Balaban J connectivity index is 2.42. The minimum absolute atomic E-state index is 0.0805. The third-order valence-electron chi connectivity index (χ3n) is 3.34. The summed E-state index contributed by atoms with van der Waals surface area (Å²) in [7, 11) is 0. The Kier molecular flexibility index (Phi) is 5.10. The summed E-state index contributed by atoms with van der Waals surface area (Å²) in [5.41, 5.74) is 4.56. The summed E-state index contributed by atoms with van der Waals surface area (Å²) in [5, 5.41) is 11.9. The number of amides is 1. The molecular weight excluding hydrogens is 236 g/mol. The van der Waals surface area contributed by atoms with Gasteiger partial charge in [-0.15, -0.1) is 0 Å². The lowest BCUT2D eigenvalue weighted by Gasteiger charge is -2.25. The zero-order valence-electron chi connectivity index (χ0n) is 10.9. The third-order valence-corrected chi connectivity index (χ3v) is 3.34. The van der Waals surface area contributed by atoms with Gasteiger partial charge < -0.3 is 20.9 Å². The van der Waals surface area contributed by atoms with Crippen LogP contribution in [0.2, 0.25) is 0 Å². The molecule has 1 fully saturated rings. The Morgan fingerprint density at radius 2 is 2.28 bits per heavy atom. The van der Waals surface area contributed by atoms with Gasteiger partial charge in [-0.1, -0.05) is 0 Å². The second-order valence-corrected chi connectivity index (χ2v) is 5.23. The maximum atomic E-state index is 11.7. The van der Waals surface area contributed by atoms with E-state index in [1.807, 2.05) is 6.92 Å². The predicted molar refractivity (Wildman–Crippen MR) is 66.0 cm³/mol. The number of ether oxygens (including phenoxy) is 1. The van der Waals surface area contributed by atoms with Gasteiger partial charge in [0.2, 0.25) is 5.91 Å². The van der Waals surface area contributed by atoms with Crippen LogP contribution in [0.4, 0.5) is 0 Å². The van der Waals surface area contributed by atoms with E-state index < -0.39 is 17.4 Å². The lowest BCUT2D eigenvalue weighted by Crippen LogP contribution is -2.49. The van der Waals surface area contributed by atoms with Crippen LogP contribution in [-0.2, 0) is 14.3 Å². The molecule has 0 bridgehead atoms. The van der Waals surface area contributed by atoms with Gasteiger partial charge in [0.25, 0.3) is 0 Å². The molecule has 0 spiro atoms. The van der Waals surface area contributed by atoms with Gasteiger partial charge in [-0.3, -0.25) is 9.59 Å². The van der Waals surface area contributed by atoms with E-state index in [4.69, 9.17) is 15.6 Å². The smallest absolute Gasteiger partial charge is 0.313 e. The molecule has 1 heterocycles. The highest BCUT2D eigenvalue weighted by Crippen LogP contribution is 2.28. The molecule has 3 unspecified atom stereocenters. The van der Waals surface area contributed by atoms with Crippen molar-refractivity contribution in [1.29, 1.82) is 0 Å². The average Bonchev–Trinajstić information content (AvgIpc) is 2.61. The highest BCUT2D eigenvalue weighted by atomic mass is 16.5. The number of carbonyl (C=O) groups is 2. The minimum Gasteiger partial charge on any atom is -0.481 e. The van der Waals surface area contributed by atoms with Crippen LogP contribution in [0.15, 0.2) is 0 Å². The van der Waals surface area contributed by atoms with Crippen molar-refractivity contribution >= 4 is 11.9 Å². The number of aliphatic carboxylic acids is 1. The van der Waals surface area contributed by atoms with Crippen LogP contribution in [0.25, 0.3) is 0 Å². The fraction of sp³-hybridized carbons (Fsp3) is 0.833. The Hall–Kier alpha value is -1.14. The molecular formula is C12H22N2O4. The van der Waals surface area contributed by atoms with Gasteiger partial charge in [-0.25, -0.2) is 0 Å². The molecule has 1 aliphatic rings. The molecule has 0 aromatic heterocycles. The van der Waals surface area contributed by atoms with Crippen molar-refractivity contribution in [2.75, 3.05) is 13.2 Å². The first-order valence-corrected chi connectivity index (χ1v) is 6.22. The number of hydrogen-bond donors (Lipinski definition) is 3. The van der Waals surface area contributed by atoms with Crippen LogP contribution in [-0.4, -0.2) is 42.3 Å². The second-order valence-electron chi connectivity index (χ2n) is 5.23. The average molecular weight is 258 g/mol. The van der Waals surface area contributed by atoms with E-state index in [1.54, 1.807) is 6.92 Å². The Labute approximate surface area is 107 Å². The maximum absolute atomic E-state index is 11.7. The van der Waals surface area contributed by atoms with Crippen LogP contribution in [0, 0.1) is 5.41 Å². The van der Waals surface area contributed by atoms with E-state index in [1.165, 1.54) is 0 Å². The van der Waals surface area contributed by atoms with E-state index in [2.05, 4.69) is 5.32 Å².